The summed E-state index contributed by atoms with van der Waals surface area (Å²) >= 11 is 5.88. The Morgan fingerprint density at radius 3 is 2.42 bits per heavy atom. The largest absolute Gasteiger partial charge is 0.287 e. The van der Waals surface area contributed by atoms with Gasteiger partial charge in [0.15, 0.2) is 0 Å². The summed E-state index contributed by atoms with van der Waals surface area (Å²) < 4.78 is 0. The minimum Gasteiger partial charge on any atom is -0.287 e. The Balaban J connectivity index is 1.71. The van der Waals surface area contributed by atoms with E-state index in [0.717, 1.165) is 16.3 Å². The van der Waals surface area contributed by atoms with Gasteiger partial charge in [0.25, 0.3) is 5.91 Å². The van der Waals surface area contributed by atoms with E-state index in [9.17, 15) is 9.59 Å². The first-order valence-electron chi connectivity index (χ1n) is 7.35. The maximum absolute atomic E-state index is 12.6. The van der Waals surface area contributed by atoms with E-state index in [0.29, 0.717) is 16.1 Å². The van der Waals surface area contributed by atoms with Gasteiger partial charge in [-0.25, -0.2) is 5.43 Å². The Kier molecular flexibility index (Phi) is 3.40. The van der Waals surface area contributed by atoms with Crippen molar-refractivity contribution in [1.29, 1.82) is 0 Å². The molecule has 0 unspecified atom stereocenters. The fourth-order valence-electron chi connectivity index (χ4n) is 2.89. The molecule has 116 valence electrons. The van der Waals surface area contributed by atoms with Gasteiger partial charge in [-0.3, -0.25) is 9.59 Å². The number of rotatable bonds is 2. The van der Waals surface area contributed by atoms with Crippen LogP contribution < -0.4 is 5.43 Å². The molecule has 24 heavy (non-hydrogen) atoms. The SMILES string of the molecule is O=C(N/N=C1\C(=O)c2cccc3cccc1c23)c1cccc(Cl)c1. The van der Waals surface area contributed by atoms with E-state index in [-0.39, 0.29) is 11.5 Å². The quantitative estimate of drug-likeness (QED) is 0.724. The zero-order valence-electron chi connectivity index (χ0n) is 12.4. The maximum atomic E-state index is 12.6. The maximum Gasteiger partial charge on any atom is 0.271 e. The number of benzene rings is 3. The summed E-state index contributed by atoms with van der Waals surface area (Å²) in [5.41, 5.74) is 4.42. The van der Waals surface area contributed by atoms with Gasteiger partial charge in [-0.2, -0.15) is 5.10 Å². The van der Waals surface area contributed by atoms with Gasteiger partial charge < -0.3 is 0 Å². The summed E-state index contributed by atoms with van der Waals surface area (Å²) in [5, 5.41) is 6.39. The van der Waals surface area contributed by atoms with Gasteiger partial charge in [0, 0.05) is 27.1 Å². The molecule has 1 amide bonds. The zero-order valence-corrected chi connectivity index (χ0v) is 13.2. The van der Waals surface area contributed by atoms with Crippen molar-refractivity contribution in [3.05, 3.63) is 82.4 Å². The summed E-state index contributed by atoms with van der Waals surface area (Å²) in [6, 6.07) is 17.8. The van der Waals surface area contributed by atoms with E-state index in [2.05, 4.69) is 10.5 Å². The van der Waals surface area contributed by atoms with Crippen molar-refractivity contribution in [2.75, 3.05) is 0 Å². The monoisotopic (exact) mass is 334 g/mol. The zero-order chi connectivity index (χ0) is 16.7. The van der Waals surface area contributed by atoms with Gasteiger partial charge in [0.05, 0.1) is 0 Å². The third-order valence-electron chi connectivity index (χ3n) is 3.98. The van der Waals surface area contributed by atoms with Crippen LogP contribution >= 0.6 is 11.6 Å². The van der Waals surface area contributed by atoms with Crippen LogP contribution in [0, 0.1) is 0 Å². The third kappa shape index (κ3) is 2.28. The molecule has 0 aromatic heterocycles. The molecule has 0 saturated heterocycles. The van der Waals surface area contributed by atoms with Crippen LogP contribution in [0.2, 0.25) is 5.02 Å². The molecule has 1 N–H and O–H groups in total. The number of ketones is 1. The fraction of sp³-hybridized carbons (Fsp3) is 0. The number of amides is 1. The molecule has 0 spiro atoms. The molecular formula is C19H11ClN2O2. The number of nitrogens with zero attached hydrogens (tertiary/aromatic N) is 1. The molecule has 0 aliphatic heterocycles. The molecule has 0 radical (unpaired) electrons. The van der Waals surface area contributed by atoms with Gasteiger partial charge in [0.1, 0.15) is 5.71 Å². The molecule has 0 bridgehead atoms. The Morgan fingerprint density at radius 2 is 1.67 bits per heavy atom. The number of hydrogen-bond acceptors (Lipinski definition) is 3. The van der Waals surface area contributed by atoms with Crippen LogP contribution in [0.15, 0.2) is 65.8 Å². The second kappa shape index (κ2) is 5.58. The van der Waals surface area contributed by atoms with Crippen molar-refractivity contribution < 1.29 is 9.59 Å². The standard InChI is InChI=1S/C19H11ClN2O2/c20-13-7-1-6-12(10-13)19(24)22-21-17-14-8-2-4-11-5-3-9-15(16(11)14)18(17)23/h1-10H,(H,22,24)/b21-17-. The van der Waals surface area contributed by atoms with Crippen molar-refractivity contribution in [2.24, 2.45) is 5.10 Å². The molecule has 0 atom stereocenters. The molecule has 3 aromatic rings. The molecule has 3 aromatic carbocycles. The Morgan fingerprint density at radius 1 is 0.958 bits per heavy atom. The van der Waals surface area contributed by atoms with Gasteiger partial charge in [-0.05, 0) is 23.6 Å². The van der Waals surface area contributed by atoms with Crippen molar-refractivity contribution in [3.8, 4) is 0 Å². The first-order valence-corrected chi connectivity index (χ1v) is 7.73. The number of carbonyl (C=O) groups excluding carboxylic acids is 2. The molecule has 4 nitrogen and oxygen atoms in total. The lowest BCUT2D eigenvalue weighted by Gasteiger charge is -2.02. The molecule has 0 heterocycles. The van der Waals surface area contributed by atoms with Gasteiger partial charge in [-0.1, -0.05) is 54.1 Å². The number of nitrogens with one attached hydrogen (secondary N) is 1. The summed E-state index contributed by atoms with van der Waals surface area (Å²) in [4.78, 5) is 24.8. The highest BCUT2D eigenvalue weighted by atomic mass is 35.5. The average molecular weight is 335 g/mol. The Bertz CT molecular complexity index is 1040. The molecule has 5 heteroatoms. The number of hydrazone groups is 1. The molecule has 0 saturated carbocycles. The average Bonchev–Trinajstić information content (AvgIpc) is 2.87. The smallest absolute Gasteiger partial charge is 0.271 e. The van der Waals surface area contributed by atoms with Crippen molar-refractivity contribution >= 4 is 39.8 Å². The highest BCUT2D eigenvalue weighted by Gasteiger charge is 2.28. The third-order valence-corrected chi connectivity index (χ3v) is 4.21. The molecule has 1 aliphatic rings. The van der Waals surface area contributed by atoms with Crippen LogP contribution in [-0.4, -0.2) is 17.4 Å². The Hall–Kier alpha value is -2.98. The second-order valence-corrected chi connectivity index (χ2v) is 5.89. The van der Waals surface area contributed by atoms with Crippen LogP contribution in [0.3, 0.4) is 0 Å². The highest BCUT2D eigenvalue weighted by molar-refractivity contribution is 6.59. The summed E-state index contributed by atoms with van der Waals surface area (Å²) in [5.74, 6) is -0.603. The van der Waals surface area contributed by atoms with Crippen molar-refractivity contribution in [2.45, 2.75) is 0 Å². The fourth-order valence-corrected chi connectivity index (χ4v) is 3.08. The summed E-state index contributed by atoms with van der Waals surface area (Å²) in [7, 11) is 0. The van der Waals surface area contributed by atoms with E-state index < -0.39 is 5.91 Å². The van der Waals surface area contributed by atoms with Crippen LogP contribution in [0.5, 0.6) is 0 Å². The van der Waals surface area contributed by atoms with Crippen molar-refractivity contribution in [1.82, 2.24) is 5.43 Å². The first kappa shape index (κ1) is 14.6. The molecule has 4 rings (SSSR count). The van der Waals surface area contributed by atoms with E-state index in [1.165, 1.54) is 0 Å². The Labute approximate surface area is 142 Å². The summed E-state index contributed by atoms with van der Waals surface area (Å²) in [6.07, 6.45) is 0. The minimum absolute atomic E-state index is 0.187. The van der Waals surface area contributed by atoms with E-state index >= 15 is 0 Å². The van der Waals surface area contributed by atoms with Crippen LogP contribution in [0.1, 0.15) is 26.3 Å². The lowest BCUT2D eigenvalue weighted by molar-refractivity contribution is 0.0955. The number of halogens is 1. The molecular weight excluding hydrogens is 324 g/mol. The second-order valence-electron chi connectivity index (χ2n) is 5.45. The highest BCUT2D eigenvalue weighted by Crippen LogP contribution is 2.30. The predicted octanol–water partition coefficient (Wildman–Crippen LogP) is 3.82. The van der Waals surface area contributed by atoms with Crippen LogP contribution in [-0.2, 0) is 0 Å². The topological polar surface area (TPSA) is 58.5 Å². The van der Waals surface area contributed by atoms with Gasteiger partial charge in [-0.15, -0.1) is 0 Å². The van der Waals surface area contributed by atoms with Gasteiger partial charge in [0.2, 0.25) is 5.78 Å². The van der Waals surface area contributed by atoms with E-state index in [4.69, 9.17) is 11.6 Å². The van der Waals surface area contributed by atoms with E-state index in [1.54, 1.807) is 30.3 Å². The molecule has 1 aliphatic carbocycles. The molecule has 0 fully saturated rings. The first-order chi connectivity index (χ1) is 11.6. The lowest BCUT2D eigenvalue weighted by Crippen LogP contribution is -2.22. The van der Waals surface area contributed by atoms with Crippen molar-refractivity contribution in [3.63, 3.8) is 0 Å². The summed E-state index contributed by atoms with van der Waals surface area (Å²) in [6.45, 7) is 0. The van der Waals surface area contributed by atoms with E-state index in [1.807, 2.05) is 30.3 Å². The van der Waals surface area contributed by atoms with Gasteiger partial charge >= 0.3 is 0 Å². The number of Topliss-reactive ketones (excluding diaryl/α,β-unsaturated/α-hetero) is 1. The lowest BCUT2D eigenvalue weighted by atomic mass is 10.1. The predicted molar refractivity (Wildman–Crippen MR) is 93.7 cm³/mol. The van der Waals surface area contributed by atoms with Crippen LogP contribution in [0.25, 0.3) is 10.8 Å². The number of hydrogen-bond donors (Lipinski definition) is 1. The normalized spacial score (nSPS) is 14.4. The minimum atomic E-state index is -0.416. The number of carbonyl (C=O) groups is 2. The van der Waals surface area contributed by atoms with Crippen LogP contribution in [0.4, 0.5) is 0 Å².